The molecule has 0 saturated heterocycles. The van der Waals surface area contributed by atoms with E-state index in [1.165, 1.54) is 41.5 Å². The van der Waals surface area contributed by atoms with Gasteiger partial charge < -0.3 is 10.1 Å². The lowest BCUT2D eigenvalue weighted by atomic mass is 10.1. The zero-order valence-corrected chi connectivity index (χ0v) is 17.4. The predicted molar refractivity (Wildman–Crippen MR) is 109 cm³/mol. The summed E-state index contributed by atoms with van der Waals surface area (Å²) in [6.07, 6.45) is 2.75. The predicted octanol–water partition coefficient (Wildman–Crippen LogP) is 3.28. The molecule has 8 heteroatoms. The number of fused-ring (bicyclic) bond motifs is 1. The highest BCUT2D eigenvalue weighted by Crippen LogP contribution is 2.26. The molecular weight excluding hydrogens is 392 g/mol. The minimum absolute atomic E-state index is 0.237. The molecule has 0 atom stereocenters. The number of nitrogens with zero attached hydrogens (tertiary/aromatic N) is 1. The quantitative estimate of drug-likeness (QED) is 0.554. The third kappa shape index (κ3) is 4.22. The molecule has 3 amide bonds. The van der Waals surface area contributed by atoms with Crippen LogP contribution in [-0.2, 0) is 22.4 Å². The minimum atomic E-state index is -0.529. The minimum Gasteiger partial charge on any atom is -0.451 e. The number of carbonyl (C=O) groups excluding carboxylic acids is 4. The number of benzene rings is 1. The summed E-state index contributed by atoms with van der Waals surface area (Å²) in [5.41, 5.74) is 2.03. The fourth-order valence-electron chi connectivity index (χ4n) is 3.14. The number of carbonyl (C=O) groups is 4. The van der Waals surface area contributed by atoms with Gasteiger partial charge in [-0.25, -0.2) is 4.79 Å². The largest absolute Gasteiger partial charge is 0.451 e. The molecule has 1 aliphatic rings. The monoisotopic (exact) mass is 414 g/mol. The van der Waals surface area contributed by atoms with Crippen LogP contribution in [0, 0.1) is 0 Å². The van der Waals surface area contributed by atoms with E-state index in [4.69, 9.17) is 4.74 Å². The second-order valence-electron chi connectivity index (χ2n) is 6.72. The van der Waals surface area contributed by atoms with Crippen LogP contribution >= 0.6 is 11.3 Å². The first-order valence-electron chi connectivity index (χ1n) is 9.40. The summed E-state index contributed by atoms with van der Waals surface area (Å²) in [5, 5.41) is 2.58. The summed E-state index contributed by atoms with van der Waals surface area (Å²) in [7, 11) is 1.41. The van der Waals surface area contributed by atoms with Gasteiger partial charge in [0.2, 0.25) is 0 Å². The Morgan fingerprint density at radius 2 is 1.83 bits per heavy atom. The molecule has 0 bridgehead atoms. The van der Waals surface area contributed by atoms with Crippen LogP contribution in [0.25, 0.3) is 0 Å². The smallest absolute Gasteiger partial charge is 0.348 e. The summed E-state index contributed by atoms with van der Waals surface area (Å²) >= 11 is 1.41. The highest BCUT2D eigenvalue weighted by molar-refractivity contribution is 7.14. The lowest BCUT2D eigenvalue weighted by molar-refractivity contribution is -0.119. The molecule has 2 aromatic rings. The summed E-state index contributed by atoms with van der Waals surface area (Å²) < 4.78 is 5.13. The average Bonchev–Trinajstić information content (AvgIpc) is 3.21. The summed E-state index contributed by atoms with van der Waals surface area (Å²) in [6, 6.07) is 6.30. The van der Waals surface area contributed by atoms with Gasteiger partial charge in [-0.15, -0.1) is 11.3 Å². The Morgan fingerprint density at radius 3 is 2.52 bits per heavy atom. The molecule has 0 aliphatic carbocycles. The second-order valence-corrected chi connectivity index (χ2v) is 7.85. The van der Waals surface area contributed by atoms with Crippen molar-refractivity contribution in [2.24, 2.45) is 0 Å². The molecule has 0 unspecified atom stereocenters. The molecule has 29 heavy (non-hydrogen) atoms. The molecule has 0 saturated carbocycles. The molecule has 1 aromatic carbocycles. The SMILES string of the molecule is CCCc1sc(C(=O)OCC(=O)Nc2ccc3c(c2)C(=O)N(C)C3=O)cc1CC. The van der Waals surface area contributed by atoms with Crippen LogP contribution in [0.1, 0.15) is 61.1 Å². The van der Waals surface area contributed by atoms with Crippen molar-refractivity contribution in [1.82, 2.24) is 4.90 Å². The number of nitrogens with one attached hydrogen (secondary N) is 1. The summed E-state index contributed by atoms with van der Waals surface area (Å²) in [4.78, 5) is 51.1. The van der Waals surface area contributed by atoms with Gasteiger partial charge in [0.1, 0.15) is 4.88 Å². The average molecular weight is 414 g/mol. The summed E-state index contributed by atoms with van der Waals surface area (Å²) in [6.45, 7) is 3.68. The third-order valence-electron chi connectivity index (χ3n) is 4.66. The molecule has 1 aromatic heterocycles. The number of amides is 3. The van der Waals surface area contributed by atoms with E-state index >= 15 is 0 Å². The van der Waals surface area contributed by atoms with E-state index in [9.17, 15) is 19.2 Å². The fraction of sp³-hybridized carbons (Fsp3) is 0.333. The van der Waals surface area contributed by atoms with Crippen LogP contribution in [0.5, 0.6) is 0 Å². The third-order valence-corrected chi connectivity index (χ3v) is 5.88. The van der Waals surface area contributed by atoms with Crippen molar-refractivity contribution in [3.05, 3.63) is 50.7 Å². The van der Waals surface area contributed by atoms with Gasteiger partial charge in [0.05, 0.1) is 11.1 Å². The molecule has 0 spiro atoms. The highest BCUT2D eigenvalue weighted by Gasteiger charge is 2.32. The zero-order valence-electron chi connectivity index (χ0n) is 16.5. The van der Waals surface area contributed by atoms with Crippen LogP contribution in [0.4, 0.5) is 5.69 Å². The highest BCUT2D eigenvalue weighted by atomic mass is 32.1. The van der Waals surface area contributed by atoms with E-state index < -0.39 is 24.4 Å². The Bertz CT molecular complexity index is 995. The maximum Gasteiger partial charge on any atom is 0.348 e. The van der Waals surface area contributed by atoms with E-state index in [1.54, 1.807) is 0 Å². The van der Waals surface area contributed by atoms with Gasteiger partial charge in [0.25, 0.3) is 17.7 Å². The number of anilines is 1. The van der Waals surface area contributed by atoms with E-state index in [0.717, 1.165) is 29.7 Å². The lowest BCUT2D eigenvalue weighted by Gasteiger charge is -2.07. The molecule has 7 nitrogen and oxygen atoms in total. The van der Waals surface area contributed by atoms with Crippen LogP contribution in [0.3, 0.4) is 0 Å². The number of hydrogen-bond donors (Lipinski definition) is 1. The Labute approximate surface area is 172 Å². The van der Waals surface area contributed by atoms with Crippen LogP contribution in [0.2, 0.25) is 0 Å². The van der Waals surface area contributed by atoms with Crippen molar-refractivity contribution >= 4 is 40.7 Å². The molecule has 3 rings (SSSR count). The van der Waals surface area contributed by atoms with Gasteiger partial charge in [-0.2, -0.15) is 0 Å². The molecule has 1 N–H and O–H groups in total. The van der Waals surface area contributed by atoms with E-state index in [0.29, 0.717) is 16.1 Å². The van der Waals surface area contributed by atoms with Crippen molar-refractivity contribution in [3.63, 3.8) is 0 Å². The second kappa shape index (κ2) is 8.57. The Kier molecular flexibility index (Phi) is 6.12. The molecule has 1 aliphatic heterocycles. The van der Waals surface area contributed by atoms with Crippen molar-refractivity contribution in [2.45, 2.75) is 33.1 Å². The number of esters is 1. The van der Waals surface area contributed by atoms with Gasteiger partial charge in [-0.05, 0) is 42.7 Å². The van der Waals surface area contributed by atoms with E-state index in [-0.39, 0.29) is 11.5 Å². The number of imide groups is 1. The summed E-state index contributed by atoms with van der Waals surface area (Å²) in [5.74, 6) is -1.84. The zero-order chi connectivity index (χ0) is 21.1. The molecule has 2 heterocycles. The van der Waals surface area contributed by atoms with E-state index in [1.807, 2.05) is 13.0 Å². The molecular formula is C21H22N2O5S. The first kappa shape index (κ1) is 20.7. The van der Waals surface area contributed by atoms with Gasteiger partial charge >= 0.3 is 5.97 Å². The fourth-order valence-corrected chi connectivity index (χ4v) is 4.39. The lowest BCUT2D eigenvalue weighted by Crippen LogP contribution is -2.24. The molecule has 0 fully saturated rings. The first-order chi connectivity index (χ1) is 13.8. The maximum absolute atomic E-state index is 12.3. The Morgan fingerprint density at radius 1 is 1.10 bits per heavy atom. The van der Waals surface area contributed by atoms with Gasteiger partial charge in [0, 0.05) is 17.6 Å². The van der Waals surface area contributed by atoms with Gasteiger partial charge in [-0.1, -0.05) is 20.3 Å². The molecule has 0 radical (unpaired) electrons. The van der Waals surface area contributed by atoms with Crippen LogP contribution < -0.4 is 5.32 Å². The van der Waals surface area contributed by atoms with Crippen molar-refractivity contribution in [3.8, 4) is 0 Å². The van der Waals surface area contributed by atoms with Crippen molar-refractivity contribution in [2.75, 3.05) is 19.0 Å². The van der Waals surface area contributed by atoms with Crippen molar-refractivity contribution in [1.29, 1.82) is 0 Å². The standard InChI is InChI=1S/C21H22N2O5S/c1-4-6-16-12(5-2)9-17(29-16)21(27)28-11-18(24)22-13-7-8-14-15(10-13)20(26)23(3)19(14)25/h7-10H,4-6,11H2,1-3H3,(H,22,24). The molecule has 152 valence electrons. The normalized spacial score (nSPS) is 12.9. The number of rotatable bonds is 7. The Hall–Kier alpha value is -3.00. The van der Waals surface area contributed by atoms with Crippen LogP contribution in [0.15, 0.2) is 24.3 Å². The van der Waals surface area contributed by atoms with Crippen LogP contribution in [-0.4, -0.2) is 42.2 Å². The number of ether oxygens (including phenoxy) is 1. The van der Waals surface area contributed by atoms with Gasteiger partial charge in [0.15, 0.2) is 6.61 Å². The number of hydrogen-bond acceptors (Lipinski definition) is 6. The number of thiophene rings is 1. The van der Waals surface area contributed by atoms with Gasteiger partial charge in [-0.3, -0.25) is 19.3 Å². The first-order valence-corrected chi connectivity index (χ1v) is 10.2. The maximum atomic E-state index is 12.3. The topological polar surface area (TPSA) is 92.8 Å². The number of aryl methyl sites for hydroxylation is 2. The Balaban J connectivity index is 1.60. The van der Waals surface area contributed by atoms with Crippen molar-refractivity contribution < 1.29 is 23.9 Å². The van der Waals surface area contributed by atoms with E-state index in [2.05, 4.69) is 12.2 Å².